The van der Waals surface area contributed by atoms with E-state index in [1.54, 1.807) is 12.1 Å². The molecular weight excluding hydrogens is 342 g/mol. The number of phenols is 1. The normalized spacial score (nSPS) is 22.0. The minimum absolute atomic E-state index is 0.0209. The smallest absolute Gasteiger partial charge is 0.253 e. The highest BCUT2D eigenvalue weighted by Gasteiger charge is 2.44. The van der Waals surface area contributed by atoms with Gasteiger partial charge in [0.2, 0.25) is 0 Å². The number of para-hydroxylation sites is 1. The topological polar surface area (TPSA) is 70.0 Å². The first-order chi connectivity index (χ1) is 13.1. The summed E-state index contributed by atoms with van der Waals surface area (Å²) in [6.45, 7) is 1.85. The molecule has 2 aromatic carbocycles. The highest BCUT2D eigenvalue weighted by atomic mass is 16.5. The van der Waals surface area contributed by atoms with E-state index < -0.39 is 11.7 Å². The van der Waals surface area contributed by atoms with Crippen molar-refractivity contribution in [2.75, 3.05) is 19.7 Å². The van der Waals surface area contributed by atoms with Crippen LogP contribution in [0.25, 0.3) is 11.1 Å². The lowest BCUT2D eigenvalue weighted by atomic mass is 9.82. The van der Waals surface area contributed by atoms with Gasteiger partial charge in [0.05, 0.1) is 11.7 Å². The van der Waals surface area contributed by atoms with Crippen molar-refractivity contribution < 1.29 is 19.7 Å². The summed E-state index contributed by atoms with van der Waals surface area (Å²) in [6.07, 6.45) is 2.56. The summed E-state index contributed by atoms with van der Waals surface area (Å²) in [5.74, 6) is 0.179. The first kappa shape index (κ1) is 18.0. The molecule has 142 valence electrons. The Hall–Kier alpha value is -2.37. The van der Waals surface area contributed by atoms with Crippen LogP contribution in [0.1, 0.15) is 36.0 Å². The van der Waals surface area contributed by atoms with Gasteiger partial charge >= 0.3 is 0 Å². The molecule has 2 heterocycles. The summed E-state index contributed by atoms with van der Waals surface area (Å²) in [5.41, 5.74) is 1.66. The Morgan fingerprint density at radius 1 is 1.11 bits per heavy atom. The van der Waals surface area contributed by atoms with E-state index in [0.29, 0.717) is 43.7 Å². The molecule has 0 unspecified atom stereocenters. The number of aliphatic hydroxyl groups excluding tert-OH is 1. The van der Waals surface area contributed by atoms with Crippen LogP contribution in [0.2, 0.25) is 0 Å². The predicted molar refractivity (Wildman–Crippen MR) is 103 cm³/mol. The van der Waals surface area contributed by atoms with Gasteiger partial charge in [-0.3, -0.25) is 4.79 Å². The number of carbonyl (C=O) groups excluding carboxylic acids is 1. The number of aromatic hydroxyl groups is 1. The van der Waals surface area contributed by atoms with Crippen LogP contribution >= 0.6 is 0 Å². The second-order valence-electron chi connectivity index (χ2n) is 7.46. The average Bonchev–Trinajstić information content (AvgIpc) is 2.71. The van der Waals surface area contributed by atoms with E-state index in [1.165, 1.54) is 0 Å². The number of hydrogen-bond acceptors (Lipinski definition) is 4. The van der Waals surface area contributed by atoms with E-state index in [1.807, 2.05) is 41.3 Å². The molecule has 4 rings (SSSR count). The molecule has 5 heteroatoms. The van der Waals surface area contributed by atoms with Crippen molar-refractivity contribution in [2.24, 2.45) is 0 Å². The van der Waals surface area contributed by atoms with Crippen LogP contribution in [-0.2, 0) is 4.74 Å². The number of aliphatic hydroxyl groups is 1. The number of phenolic OH excluding ortho intramolecular Hbond substituents is 1. The quantitative estimate of drug-likeness (QED) is 0.855. The molecule has 1 atom stereocenters. The summed E-state index contributed by atoms with van der Waals surface area (Å²) in [4.78, 5) is 14.8. The third-order valence-corrected chi connectivity index (χ3v) is 5.84. The zero-order chi connectivity index (χ0) is 18.9. The van der Waals surface area contributed by atoms with E-state index in [-0.39, 0.29) is 11.7 Å². The third kappa shape index (κ3) is 3.45. The molecule has 2 aliphatic heterocycles. The molecule has 0 bridgehead atoms. The number of likely N-dealkylation sites (tertiary alicyclic amines) is 1. The van der Waals surface area contributed by atoms with Gasteiger partial charge in [0.1, 0.15) is 5.75 Å². The number of ether oxygens (including phenoxy) is 1. The monoisotopic (exact) mass is 367 g/mol. The van der Waals surface area contributed by atoms with Crippen molar-refractivity contribution in [3.63, 3.8) is 0 Å². The van der Waals surface area contributed by atoms with Gasteiger partial charge in [-0.1, -0.05) is 30.3 Å². The van der Waals surface area contributed by atoms with Crippen LogP contribution in [0.4, 0.5) is 0 Å². The first-order valence-corrected chi connectivity index (χ1v) is 9.59. The summed E-state index contributed by atoms with van der Waals surface area (Å²) < 4.78 is 5.93. The number of benzene rings is 2. The molecule has 1 spiro atoms. The Bertz CT molecular complexity index is 827. The first-order valence-electron chi connectivity index (χ1n) is 9.59. The van der Waals surface area contributed by atoms with E-state index >= 15 is 0 Å². The van der Waals surface area contributed by atoms with Gasteiger partial charge in [0.25, 0.3) is 5.91 Å². The van der Waals surface area contributed by atoms with E-state index in [4.69, 9.17) is 4.74 Å². The third-order valence-electron chi connectivity index (χ3n) is 5.84. The second-order valence-corrected chi connectivity index (χ2v) is 7.46. The zero-order valence-corrected chi connectivity index (χ0v) is 15.3. The summed E-state index contributed by atoms with van der Waals surface area (Å²) in [5, 5.41) is 20.4. The highest BCUT2D eigenvalue weighted by molar-refractivity contribution is 5.95. The average molecular weight is 367 g/mol. The maximum Gasteiger partial charge on any atom is 0.253 e. The lowest BCUT2D eigenvalue weighted by Gasteiger charge is -2.46. The number of piperidine rings is 1. The SMILES string of the molecule is O=C(c1cccc(-c2ccccc2O)c1)N1CCC2(CC1)OCCC[C@H]2O. The van der Waals surface area contributed by atoms with Crippen LogP contribution in [0.15, 0.2) is 48.5 Å². The number of carbonyl (C=O) groups is 1. The van der Waals surface area contributed by atoms with Crippen molar-refractivity contribution in [3.8, 4) is 16.9 Å². The molecule has 5 nitrogen and oxygen atoms in total. The Kier molecular flexibility index (Phi) is 4.89. The molecule has 2 fully saturated rings. The van der Waals surface area contributed by atoms with Gasteiger partial charge < -0.3 is 19.8 Å². The molecule has 0 saturated carbocycles. The van der Waals surface area contributed by atoms with Crippen molar-refractivity contribution in [1.29, 1.82) is 0 Å². The standard InChI is InChI=1S/C22H25NO4/c24-19-8-2-1-7-18(19)16-5-3-6-17(15-16)21(26)23-12-10-22(11-13-23)20(25)9-4-14-27-22/h1-3,5-8,15,20,24-25H,4,9-14H2/t20-/m1/s1. The summed E-state index contributed by atoms with van der Waals surface area (Å²) in [7, 11) is 0. The van der Waals surface area contributed by atoms with Crippen LogP contribution in [0, 0.1) is 0 Å². The second kappa shape index (κ2) is 7.33. The predicted octanol–water partition coefficient (Wildman–Crippen LogP) is 3.21. The van der Waals surface area contributed by atoms with Gasteiger partial charge in [-0.2, -0.15) is 0 Å². The minimum atomic E-state index is -0.479. The molecule has 2 aromatic rings. The molecular formula is C22H25NO4. The number of nitrogens with zero attached hydrogens (tertiary/aromatic N) is 1. The van der Waals surface area contributed by atoms with Gasteiger partial charge in [-0.05, 0) is 49.4 Å². The fourth-order valence-electron chi connectivity index (χ4n) is 4.20. The Labute approximate surface area is 159 Å². The molecule has 0 aliphatic carbocycles. The van der Waals surface area contributed by atoms with Gasteiger partial charge in [0.15, 0.2) is 0 Å². The van der Waals surface area contributed by atoms with Crippen LogP contribution in [0.3, 0.4) is 0 Å². The van der Waals surface area contributed by atoms with Crippen LogP contribution in [-0.4, -0.2) is 52.4 Å². The molecule has 2 N–H and O–H groups in total. The molecule has 1 amide bonds. The zero-order valence-electron chi connectivity index (χ0n) is 15.3. The fourth-order valence-corrected chi connectivity index (χ4v) is 4.20. The van der Waals surface area contributed by atoms with Crippen LogP contribution < -0.4 is 0 Å². The van der Waals surface area contributed by atoms with Gasteiger partial charge in [-0.25, -0.2) is 0 Å². The molecule has 2 aliphatic rings. The van der Waals surface area contributed by atoms with Crippen molar-refractivity contribution in [2.45, 2.75) is 37.4 Å². The molecule has 0 aromatic heterocycles. The Balaban J connectivity index is 1.49. The highest BCUT2D eigenvalue weighted by Crippen LogP contribution is 2.36. The number of amides is 1. The lowest BCUT2D eigenvalue weighted by molar-refractivity contribution is -0.174. The van der Waals surface area contributed by atoms with Crippen molar-refractivity contribution in [1.82, 2.24) is 4.90 Å². The molecule has 2 saturated heterocycles. The Morgan fingerprint density at radius 2 is 1.89 bits per heavy atom. The molecule has 27 heavy (non-hydrogen) atoms. The van der Waals surface area contributed by atoms with Gasteiger partial charge in [0, 0.05) is 30.8 Å². The van der Waals surface area contributed by atoms with Crippen molar-refractivity contribution >= 4 is 5.91 Å². The maximum absolute atomic E-state index is 13.0. The largest absolute Gasteiger partial charge is 0.507 e. The Morgan fingerprint density at radius 3 is 2.63 bits per heavy atom. The summed E-state index contributed by atoms with van der Waals surface area (Å²) >= 11 is 0. The van der Waals surface area contributed by atoms with Crippen LogP contribution in [0.5, 0.6) is 5.75 Å². The maximum atomic E-state index is 13.0. The fraction of sp³-hybridized carbons (Fsp3) is 0.409. The number of hydrogen-bond donors (Lipinski definition) is 2. The van der Waals surface area contributed by atoms with E-state index in [9.17, 15) is 15.0 Å². The van der Waals surface area contributed by atoms with Gasteiger partial charge in [-0.15, -0.1) is 0 Å². The number of rotatable bonds is 2. The minimum Gasteiger partial charge on any atom is -0.507 e. The lowest BCUT2D eigenvalue weighted by Crippen LogP contribution is -2.56. The van der Waals surface area contributed by atoms with E-state index in [0.717, 1.165) is 18.4 Å². The summed E-state index contributed by atoms with van der Waals surface area (Å²) in [6, 6.07) is 14.5. The molecule has 0 radical (unpaired) electrons. The van der Waals surface area contributed by atoms with Crippen molar-refractivity contribution in [3.05, 3.63) is 54.1 Å². The van der Waals surface area contributed by atoms with E-state index in [2.05, 4.69) is 0 Å².